The van der Waals surface area contributed by atoms with Crippen molar-refractivity contribution in [3.05, 3.63) is 188 Å². The Hall–Kier alpha value is -6.97. The zero-order valence-electron chi connectivity index (χ0n) is 28.2. The molecular weight excluding hydrogens is 631 g/mol. The van der Waals surface area contributed by atoms with Crippen LogP contribution in [0.3, 0.4) is 0 Å². The minimum atomic E-state index is 0.632. The monoisotopic (exact) mass is 661 g/mol. The summed E-state index contributed by atoms with van der Waals surface area (Å²) in [6.07, 6.45) is 0. The molecule has 0 aliphatic rings. The lowest BCUT2D eigenvalue weighted by molar-refractivity contribution is 1.08. The molecule has 0 saturated heterocycles. The van der Waals surface area contributed by atoms with E-state index in [9.17, 15) is 0 Å². The van der Waals surface area contributed by atoms with Crippen molar-refractivity contribution in [1.29, 1.82) is 0 Å². The summed E-state index contributed by atoms with van der Waals surface area (Å²) in [6.45, 7) is 0. The normalized spacial score (nSPS) is 11.5. The number of hydrogen-bond donors (Lipinski definition) is 0. The van der Waals surface area contributed by atoms with Crippen LogP contribution < -0.4 is 0 Å². The van der Waals surface area contributed by atoms with Gasteiger partial charge in [0.05, 0.1) is 0 Å². The lowest BCUT2D eigenvalue weighted by Gasteiger charge is -2.15. The van der Waals surface area contributed by atoms with Crippen LogP contribution in [-0.2, 0) is 0 Å². The summed E-state index contributed by atoms with van der Waals surface area (Å²) in [6, 6.07) is 66.3. The first-order chi connectivity index (χ1) is 25.8. The van der Waals surface area contributed by atoms with Gasteiger partial charge in [0.2, 0.25) is 0 Å². The van der Waals surface area contributed by atoms with Crippen LogP contribution in [0.5, 0.6) is 0 Å². The van der Waals surface area contributed by atoms with Crippen molar-refractivity contribution in [1.82, 2.24) is 15.0 Å². The number of hydrogen-bond acceptors (Lipinski definition) is 3. The van der Waals surface area contributed by atoms with Crippen LogP contribution in [0.2, 0.25) is 0 Å². The molecule has 0 fully saturated rings. The average Bonchev–Trinajstić information content (AvgIpc) is 3.23. The Kier molecular flexibility index (Phi) is 7.14. The van der Waals surface area contributed by atoms with E-state index in [2.05, 4.69) is 182 Å². The summed E-state index contributed by atoms with van der Waals surface area (Å²) in [5.41, 5.74) is 7.36. The Balaban J connectivity index is 1.23. The van der Waals surface area contributed by atoms with Gasteiger partial charge >= 0.3 is 0 Å². The molecule has 242 valence electrons. The van der Waals surface area contributed by atoms with E-state index in [1.807, 2.05) is 6.07 Å². The van der Waals surface area contributed by atoms with Gasteiger partial charge in [0.25, 0.3) is 0 Å². The van der Waals surface area contributed by atoms with Crippen LogP contribution in [0.4, 0.5) is 0 Å². The second-order valence-corrected chi connectivity index (χ2v) is 13.2. The first-order valence-corrected chi connectivity index (χ1v) is 17.6. The summed E-state index contributed by atoms with van der Waals surface area (Å²) in [4.78, 5) is 15.8. The third-order valence-electron chi connectivity index (χ3n) is 10.1. The maximum Gasteiger partial charge on any atom is 0.164 e. The average molecular weight is 662 g/mol. The topological polar surface area (TPSA) is 38.7 Å². The maximum absolute atomic E-state index is 5.28. The van der Waals surface area contributed by atoms with Gasteiger partial charge < -0.3 is 0 Å². The number of aromatic nitrogens is 3. The van der Waals surface area contributed by atoms with Gasteiger partial charge in [-0.3, -0.25) is 0 Å². The van der Waals surface area contributed by atoms with E-state index < -0.39 is 0 Å². The number of rotatable bonds is 5. The van der Waals surface area contributed by atoms with Gasteiger partial charge in [-0.1, -0.05) is 170 Å². The van der Waals surface area contributed by atoms with Crippen molar-refractivity contribution in [2.75, 3.05) is 0 Å². The van der Waals surface area contributed by atoms with Crippen LogP contribution in [0.15, 0.2) is 188 Å². The summed E-state index contributed by atoms with van der Waals surface area (Å²) in [5, 5.41) is 9.57. The largest absolute Gasteiger partial charge is 0.208 e. The molecule has 0 amide bonds. The number of nitrogens with zero attached hydrogens (tertiary/aromatic N) is 3. The lowest BCUT2D eigenvalue weighted by atomic mass is 9.92. The molecule has 0 aliphatic heterocycles. The van der Waals surface area contributed by atoms with Gasteiger partial charge in [-0.2, -0.15) is 0 Å². The van der Waals surface area contributed by atoms with E-state index in [1.54, 1.807) is 0 Å². The Bertz CT molecular complexity index is 2970. The Morgan fingerprint density at radius 3 is 1.35 bits per heavy atom. The first kappa shape index (κ1) is 29.9. The predicted molar refractivity (Wildman–Crippen MR) is 217 cm³/mol. The van der Waals surface area contributed by atoms with E-state index in [0.29, 0.717) is 17.5 Å². The van der Waals surface area contributed by atoms with Crippen molar-refractivity contribution >= 4 is 43.1 Å². The van der Waals surface area contributed by atoms with Crippen LogP contribution in [-0.4, -0.2) is 15.0 Å². The molecule has 0 aliphatic carbocycles. The van der Waals surface area contributed by atoms with Crippen LogP contribution in [0.1, 0.15) is 0 Å². The molecule has 0 atom stereocenters. The molecule has 10 rings (SSSR count). The zero-order chi connectivity index (χ0) is 34.4. The van der Waals surface area contributed by atoms with Crippen molar-refractivity contribution in [3.8, 4) is 56.4 Å². The van der Waals surface area contributed by atoms with Crippen LogP contribution in [0, 0.1) is 0 Å². The summed E-state index contributed by atoms with van der Waals surface area (Å²) in [5.74, 6) is 1.91. The highest BCUT2D eigenvalue weighted by Gasteiger charge is 2.19. The third-order valence-corrected chi connectivity index (χ3v) is 10.1. The van der Waals surface area contributed by atoms with E-state index in [-0.39, 0.29) is 0 Å². The molecule has 1 heterocycles. The van der Waals surface area contributed by atoms with Crippen molar-refractivity contribution < 1.29 is 0 Å². The molecule has 0 N–H and O–H groups in total. The number of benzene rings is 9. The molecule has 3 nitrogen and oxygen atoms in total. The van der Waals surface area contributed by atoms with Gasteiger partial charge in [0, 0.05) is 16.7 Å². The molecule has 1 aromatic heterocycles. The fraction of sp³-hybridized carbons (Fsp3) is 0. The molecule has 0 saturated carbocycles. The van der Waals surface area contributed by atoms with Crippen LogP contribution in [0.25, 0.3) is 99.5 Å². The summed E-state index contributed by atoms with van der Waals surface area (Å²) in [7, 11) is 0. The number of fused-ring (bicyclic) bond motifs is 6. The smallest absolute Gasteiger partial charge is 0.164 e. The molecule has 0 spiro atoms. The second-order valence-electron chi connectivity index (χ2n) is 13.2. The maximum atomic E-state index is 5.28. The van der Waals surface area contributed by atoms with Crippen molar-refractivity contribution in [2.45, 2.75) is 0 Å². The minimum absolute atomic E-state index is 0.632. The van der Waals surface area contributed by atoms with Crippen molar-refractivity contribution in [3.63, 3.8) is 0 Å². The Morgan fingerprint density at radius 2 is 0.673 bits per heavy atom. The molecule has 3 heteroatoms. The van der Waals surface area contributed by atoms with E-state index >= 15 is 0 Å². The van der Waals surface area contributed by atoms with Gasteiger partial charge in [-0.05, 0) is 83.5 Å². The van der Waals surface area contributed by atoms with Crippen LogP contribution >= 0.6 is 0 Å². The fourth-order valence-corrected chi connectivity index (χ4v) is 7.65. The lowest BCUT2D eigenvalue weighted by Crippen LogP contribution is -2.02. The predicted octanol–water partition coefficient (Wildman–Crippen LogP) is 12.8. The molecule has 0 bridgehead atoms. The highest BCUT2D eigenvalue weighted by Crippen LogP contribution is 2.39. The second kappa shape index (κ2) is 12.4. The van der Waals surface area contributed by atoms with Gasteiger partial charge in [0.15, 0.2) is 17.5 Å². The molecule has 10 aromatic rings. The van der Waals surface area contributed by atoms with Gasteiger partial charge in [-0.25, -0.2) is 15.0 Å². The summed E-state index contributed by atoms with van der Waals surface area (Å²) >= 11 is 0. The Morgan fingerprint density at radius 1 is 0.231 bits per heavy atom. The molecule has 52 heavy (non-hydrogen) atoms. The minimum Gasteiger partial charge on any atom is -0.208 e. The standard InChI is InChI=1S/C49H31N3/c1-2-15-32(16-3-1)37-21-8-13-28-44(37)48-50-47(51-49(52-48)46-31-35-18-5-7-23-39(35)41-25-10-12-27-43(41)46)36-20-14-19-33(29-36)45-30-34-17-4-6-22-38(34)40-24-9-11-26-42(40)45/h1-31H. The van der Waals surface area contributed by atoms with E-state index in [1.165, 1.54) is 37.9 Å². The quantitative estimate of drug-likeness (QED) is 0.172. The molecule has 0 radical (unpaired) electrons. The van der Waals surface area contributed by atoms with Gasteiger partial charge in [0.1, 0.15) is 0 Å². The van der Waals surface area contributed by atoms with Gasteiger partial charge in [-0.15, -0.1) is 0 Å². The van der Waals surface area contributed by atoms with Crippen molar-refractivity contribution in [2.24, 2.45) is 0 Å². The Labute approximate surface area is 301 Å². The highest BCUT2D eigenvalue weighted by molar-refractivity contribution is 6.14. The van der Waals surface area contributed by atoms with E-state index in [4.69, 9.17) is 15.0 Å². The SMILES string of the molecule is c1ccc(-c2ccccc2-c2nc(-c3cccc(-c4cc5ccccc5c5ccccc45)c3)nc(-c3cc4ccccc4c4ccccc34)n2)cc1. The molecular formula is C49H31N3. The molecule has 9 aromatic carbocycles. The van der Waals surface area contributed by atoms with E-state index in [0.717, 1.165) is 44.2 Å². The molecule has 0 unspecified atom stereocenters. The third kappa shape index (κ3) is 5.10. The summed E-state index contributed by atoms with van der Waals surface area (Å²) < 4.78 is 0. The fourth-order valence-electron chi connectivity index (χ4n) is 7.65. The first-order valence-electron chi connectivity index (χ1n) is 17.6. The zero-order valence-corrected chi connectivity index (χ0v) is 28.2. The highest BCUT2D eigenvalue weighted by atomic mass is 15.0.